The predicted molar refractivity (Wildman–Crippen MR) is 59.3 cm³/mol. The Hall–Kier alpha value is -0.950. The van der Waals surface area contributed by atoms with Crippen molar-refractivity contribution in [1.82, 2.24) is 14.8 Å². The molecule has 1 heterocycles. The zero-order valence-electron chi connectivity index (χ0n) is 9.03. The first-order valence-electron chi connectivity index (χ1n) is 4.43. The van der Waals surface area contributed by atoms with Crippen molar-refractivity contribution in [2.45, 2.75) is 31.3 Å². The summed E-state index contributed by atoms with van der Waals surface area (Å²) in [6.07, 6.45) is 5.19. The molecule has 0 aliphatic carbocycles. The lowest BCUT2D eigenvalue weighted by Gasteiger charge is -2.11. The number of aryl methyl sites for hydroxylation is 1. The van der Waals surface area contributed by atoms with Crippen LogP contribution in [0.15, 0.2) is 5.16 Å². The van der Waals surface area contributed by atoms with Gasteiger partial charge in [-0.05, 0) is 0 Å². The molecular formula is C10H15N3S. The van der Waals surface area contributed by atoms with Crippen molar-refractivity contribution in [2.24, 2.45) is 7.05 Å². The van der Waals surface area contributed by atoms with Crippen molar-refractivity contribution in [1.29, 1.82) is 0 Å². The van der Waals surface area contributed by atoms with Crippen LogP contribution in [0.4, 0.5) is 0 Å². The summed E-state index contributed by atoms with van der Waals surface area (Å²) in [7, 11) is 1.89. The van der Waals surface area contributed by atoms with Gasteiger partial charge in [0, 0.05) is 12.5 Å². The number of aromatic nitrogens is 3. The topological polar surface area (TPSA) is 30.7 Å². The van der Waals surface area contributed by atoms with Crippen molar-refractivity contribution >= 4 is 11.8 Å². The quantitative estimate of drug-likeness (QED) is 0.550. The maximum Gasteiger partial charge on any atom is 0.187 e. The van der Waals surface area contributed by atoms with E-state index in [-0.39, 0.29) is 5.41 Å². The average Bonchev–Trinajstić information content (AvgIpc) is 2.43. The van der Waals surface area contributed by atoms with Crippen LogP contribution in [0.3, 0.4) is 0 Å². The first-order valence-corrected chi connectivity index (χ1v) is 5.41. The van der Waals surface area contributed by atoms with E-state index in [0.717, 1.165) is 11.0 Å². The first-order chi connectivity index (χ1) is 6.45. The van der Waals surface area contributed by atoms with E-state index in [1.54, 1.807) is 4.68 Å². The minimum absolute atomic E-state index is 0.00723. The van der Waals surface area contributed by atoms with Crippen LogP contribution in [0.5, 0.6) is 0 Å². The molecule has 1 aromatic rings. The van der Waals surface area contributed by atoms with Crippen LogP contribution in [0.1, 0.15) is 26.6 Å². The molecule has 4 heteroatoms. The van der Waals surface area contributed by atoms with Gasteiger partial charge in [-0.25, -0.2) is 9.67 Å². The molecule has 0 fully saturated rings. The van der Waals surface area contributed by atoms with E-state index in [4.69, 9.17) is 6.42 Å². The Labute approximate surface area is 89.3 Å². The summed E-state index contributed by atoms with van der Waals surface area (Å²) in [6.45, 7) is 6.29. The Bertz CT molecular complexity index is 354. The highest BCUT2D eigenvalue weighted by Gasteiger charge is 2.20. The fourth-order valence-electron chi connectivity index (χ4n) is 0.920. The standard InChI is InChI=1S/C10H15N3S/c1-6-7-14-9-11-8(10(2,3)4)12-13(9)5/h1H,7H2,2-5H3. The Morgan fingerprint density at radius 3 is 2.57 bits per heavy atom. The van der Waals surface area contributed by atoms with E-state index >= 15 is 0 Å². The highest BCUT2D eigenvalue weighted by atomic mass is 32.2. The van der Waals surface area contributed by atoms with Gasteiger partial charge in [-0.15, -0.1) is 6.42 Å². The smallest absolute Gasteiger partial charge is 0.187 e. The maximum atomic E-state index is 5.19. The van der Waals surface area contributed by atoms with Gasteiger partial charge in [0.05, 0.1) is 5.75 Å². The summed E-state index contributed by atoms with van der Waals surface area (Å²) < 4.78 is 1.78. The largest absolute Gasteiger partial charge is 0.244 e. The van der Waals surface area contributed by atoms with Crippen molar-refractivity contribution in [2.75, 3.05) is 5.75 Å². The third kappa shape index (κ3) is 2.52. The molecule has 0 bridgehead atoms. The zero-order chi connectivity index (χ0) is 10.8. The summed E-state index contributed by atoms with van der Waals surface area (Å²) in [6, 6.07) is 0. The molecule has 0 atom stereocenters. The van der Waals surface area contributed by atoms with E-state index in [2.05, 4.69) is 36.8 Å². The molecule has 3 nitrogen and oxygen atoms in total. The fourth-order valence-corrected chi connectivity index (χ4v) is 1.51. The first kappa shape index (κ1) is 11.1. The fraction of sp³-hybridized carbons (Fsp3) is 0.600. The molecule has 0 unspecified atom stereocenters. The van der Waals surface area contributed by atoms with E-state index in [1.165, 1.54) is 11.8 Å². The number of nitrogens with zero attached hydrogens (tertiary/aromatic N) is 3. The highest BCUT2D eigenvalue weighted by molar-refractivity contribution is 7.99. The number of terminal acetylenes is 1. The number of rotatable bonds is 2. The van der Waals surface area contributed by atoms with E-state index in [9.17, 15) is 0 Å². The Balaban J connectivity index is 2.89. The Kier molecular flexibility index (Phi) is 3.22. The average molecular weight is 209 g/mol. The van der Waals surface area contributed by atoms with Gasteiger partial charge in [0.1, 0.15) is 0 Å². The third-order valence-electron chi connectivity index (χ3n) is 1.68. The molecule has 0 aromatic carbocycles. The lowest BCUT2D eigenvalue weighted by molar-refractivity contribution is 0.538. The summed E-state index contributed by atoms with van der Waals surface area (Å²) in [5, 5.41) is 5.23. The molecule has 14 heavy (non-hydrogen) atoms. The lowest BCUT2D eigenvalue weighted by atomic mass is 9.96. The molecule has 0 spiro atoms. The summed E-state index contributed by atoms with van der Waals surface area (Å²) in [5.41, 5.74) is -0.00723. The summed E-state index contributed by atoms with van der Waals surface area (Å²) in [5.74, 6) is 4.07. The number of hydrogen-bond acceptors (Lipinski definition) is 3. The molecule has 0 radical (unpaired) electrons. The second-order valence-corrected chi connectivity index (χ2v) is 5.03. The normalized spacial score (nSPS) is 11.4. The van der Waals surface area contributed by atoms with Crippen LogP contribution in [-0.4, -0.2) is 20.5 Å². The maximum absolute atomic E-state index is 5.19. The SMILES string of the molecule is C#CCSc1nc(C(C)(C)C)nn1C. The third-order valence-corrected chi connectivity index (χ3v) is 2.60. The number of thioether (sulfide) groups is 1. The summed E-state index contributed by atoms with van der Waals surface area (Å²) in [4.78, 5) is 4.44. The van der Waals surface area contributed by atoms with Crippen molar-refractivity contribution in [3.63, 3.8) is 0 Å². The predicted octanol–water partition coefficient (Wildman–Crippen LogP) is 1.84. The minimum Gasteiger partial charge on any atom is -0.244 e. The molecule has 0 aliphatic heterocycles. The second kappa shape index (κ2) is 4.05. The van der Waals surface area contributed by atoms with Crippen molar-refractivity contribution in [3.8, 4) is 12.3 Å². The van der Waals surface area contributed by atoms with E-state index < -0.39 is 0 Å². The van der Waals surface area contributed by atoms with Crippen LogP contribution >= 0.6 is 11.8 Å². The van der Waals surface area contributed by atoms with E-state index in [1.807, 2.05) is 7.05 Å². The summed E-state index contributed by atoms with van der Waals surface area (Å²) >= 11 is 1.54. The van der Waals surface area contributed by atoms with Crippen molar-refractivity contribution < 1.29 is 0 Å². The highest BCUT2D eigenvalue weighted by Crippen LogP contribution is 2.22. The molecule has 1 aromatic heterocycles. The molecular weight excluding hydrogens is 194 g/mol. The van der Waals surface area contributed by atoms with Gasteiger partial charge in [0.2, 0.25) is 0 Å². The van der Waals surface area contributed by atoms with Crippen LogP contribution in [-0.2, 0) is 12.5 Å². The molecule has 0 aliphatic rings. The van der Waals surface area contributed by atoms with Crippen molar-refractivity contribution in [3.05, 3.63) is 5.82 Å². The molecule has 0 amide bonds. The zero-order valence-corrected chi connectivity index (χ0v) is 9.85. The molecule has 76 valence electrons. The molecule has 0 saturated carbocycles. The number of hydrogen-bond donors (Lipinski definition) is 0. The van der Waals surface area contributed by atoms with Crippen LogP contribution in [0.2, 0.25) is 0 Å². The van der Waals surface area contributed by atoms with Gasteiger partial charge in [-0.1, -0.05) is 38.5 Å². The van der Waals surface area contributed by atoms with Crippen LogP contribution < -0.4 is 0 Å². The van der Waals surface area contributed by atoms with Gasteiger partial charge in [0.25, 0.3) is 0 Å². The molecule has 0 N–H and O–H groups in total. The van der Waals surface area contributed by atoms with Gasteiger partial charge >= 0.3 is 0 Å². The minimum atomic E-state index is -0.00723. The van der Waals surface area contributed by atoms with E-state index in [0.29, 0.717) is 5.75 Å². The monoisotopic (exact) mass is 209 g/mol. The Morgan fingerprint density at radius 2 is 2.14 bits per heavy atom. The van der Waals surface area contributed by atoms with Gasteiger partial charge in [-0.2, -0.15) is 5.10 Å². The van der Waals surface area contributed by atoms with Crippen LogP contribution in [0, 0.1) is 12.3 Å². The Morgan fingerprint density at radius 1 is 1.50 bits per heavy atom. The van der Waals surface area contributed by atoms with Gasteiger partial charge in [0.15, 0.2) is 11.0 Å². The lowest BCUT2D eigenvalue weighted by Crippen LogP contribution is -2.13. The van der Waals surface area contributed by atoms with Crippen LogP contribution in [0.25, 0.3) is 0 Å². The molecule has 1 rings (SSSR count). The van der Waals surface area contributed by atoms with Gasteiger partial charge < -0.3 is 0 Å². The molecule has 0 saturated heterocycles. The van der Waals surface area contributed by atoms with Gasteiger partial charge in [-0.3, -0.25) is 0 Å². The second-order valence-electron chi connectivity index (χ2n) is 4.08.